The Morgan fingerprint density at radius 2 is 2.20 bits per heavy atom. The maximum atomic E-state index is 12.1. The lowest BCUT2D eigenvalue weighted by Crippen LogP contribution is -2.42. The zero-order valence-corrected chi connectivity index (χ0v) is 11.5. The van der Waals surface area contributed by atoms with Crippen molar-refractivity contribution in [2.45, 2.75) is 26.3 Å². The molecule has 0 radical (unpaired) electrons. The molecular weight excluding hydrogens is 258 g/mol. The smallest absolute Gasteiger partial charge is 0.322 e. The fourth-order valence-corrected chi connectivity index (χ4v) is 1.88. The van der Waals surface area contributed by atoms with Crippen molar-refractivity contribution in [3.63, 3.8) is 0 Å². The summed E-state index contributed by atoms with van der Waals surface area (Å²) in [5.74, 6) is -0.949. The molecular formula is C14H17N3O3. The van der Waals surface area contributed by atoms with Gasteiger partial charge in [-0.2, -0.15) is 5.26 Å². The summed E-state index contributed by atoms with van der Waals surface area (Å²) in [6.45, 7) is 3.87. The Morgan fingerprint density at radius 3 is 2.75 bits per heavy atom. The van der Waals surface area contributed by atoms with Crippen molar-refractivity contribution in [3.8, 4) is 6.07 Å². The van der Waals surface area contributed by atoms with Crippen molar-refractivity contribution in [2.24, 2.45) is 0 Å². The Kier molecular flexibility index (Phi) is 5.54. The van der Waals surface area contributed by atoms with Gasteiger partial charge in [0.1, 0.15) is 0 Å². The Morgan fingerprint density at radius 1 is 1.50 bits per heavy atom. The predicted octanol–water partition coefficient (Wildman–Crippen LogP) is 2.28. The van der Waals surface area contributed by atoms with Crippen molar-refractivity contribution in [1.82, 2.24) is 4.90 Å². The van der Waals surface area contributed by atoms with Crippen LogP contribution in [0, 0.1) is 11.3 Å². The Labute approximate surface area is 117 Å². The lowest BCUT2D eigenvalue weighted by atomic mass is 10.2. The first kappa shape index (κ1) is 15.5. The first-order chi connectivity index (χ1) is 9.47. The maximum Gasteiger partial charge on any atom is 0.322 e. The van der Waals surface area contributed by atoms with Gasteiger partial charge >= 0.3 is 12.0 Å². The number of nitriles is 1. The van der Waals surface area contributed by atoms with E-state index >= 15 is 0 Å². The van der Waals surface area contributed by atoms with E-state index in [2.05, 4.69) is 5.32 Å². The summed E-state index contributed by atoms with van der Waals surface area (Å²) in [5, 5.41) is 20.2. The van der Waals surface area contributed by atoms with Gasteiger partial charge in [0.2, 0.25) is 0 Å². The summed E-state index contributed by atoms with van der Waals surface area (Å²) in [7, 11) is 0. The van der Waals surface area contributed by atoms with E-state index in [1.165, 1.54) is 4.90 Å². The second-order valence-corrected chi connectivity index (χ2v) is 4.36. The molecule has 1 unspecified atom stereocenters. The van der Waals surface area contributed by atoms with Gasteiger partial charge in [-0.15, -0.1) is 0 Å². The molecule has 106 valence electrons. The third kappa shape index (κ3) is 4.28. The maximum absolute atomic E-state index is 12.1. The van der Waals surface area contributed by atoms with E-state index in [1.54, 1.807) is 38.1 Å². The summed E-state index contributed by atoms with van der Waals surface area (Å²) < 4.78 is 0. The summed E-state index contributed by atoms with van der Waals surface area (Å²) in [6, 6.07) is 7.75. The van der Waals surface area contributed by atoms with Gasteiger partial charge in [0.25, 0.3) is 0 Å². The molecule has 0 spiro atoms. The van der Waals surface area contributed by atoms with Gasteiger partial charge in [-0.3, -0.25) is 4.79 Å². The molecule has 0 saturated heterocycles. The lowest BCUT2D eigenvalue weighted by Gasteiger charge is -2.27. The second-order valence-electron chi connectivity index (χ2n) is 4.36. The number of carboxylic acids is 1. The molecule has 1 atom stereocenters. The quantitative estimate of drug-likeness (QED) is 0.862. The van der Waals surface area contributed by atoms with E-state index in [-0.39, 0.29) is 12.5 Å². The molecule has 1 aromatic rings. The molecule has 20 heavy (non-hydrogen) atoms. The number of carboxylic acid groups (broad SMARTS) is 1. The van der Waals surface area contributed by atoms with E-state index < -0.39 is 12.0 Å². The number of amides is 2. The average molecular weight is 275 g/mol. The molecule has 6 heteroatoms. The average Bonchev–Trinajstić information content (AvgIpc) is 2.38. The number of nitrogens with one attached hydrogen (secondary N) is 1. The van der Waals surface area contributed by atoms with Gasteiger partial charge < -0.3 is 15.3 Å². The van der Waals surface area contributed by atoms with E-state index in [9.17, 15) is 9.59 Å². The van der Waals surface area contributed by atoms with Crippen LogP contribution in [-0.2, 0) is 4.79 Å². The van der Waals surface area contributed by atoms with Crippen LogP contribution in [0.5, 0.6) is 0 Å². The molecule has 1 aromatic carbocycles. The SMILES string of the molecule is CCN(C(=O)Nc1cccc(C#N)c1)C(C)CC(=O)O. The number of anilines is 1. The first-order valence-corrected chi connectivity index (χ1v) is 6.27. The predicted molar refractivity (Wildman–Crippen MR) is 74.3 cm³/mol. The molecule has 1 rings (SSSR count). The highest BCUT2D eigenvalue weighted by molar-refractivity contribution is 5.90. The number of nitrogens with zero attached hydrogens (tertiary/aromatic N) is 2. The van der Waals surface area contributed by atoms with Crippen LogP contribution in [0.15, 0.2) is 24.3 Å². The van der Waals surface area contributed by atoms with Gasteiger partial charge in [-0.1, -0.05) is 6.07 Å². The van der Waals surface area contributed by atoms with Gasteiger partial charge in [-0.05, 0) is 32.0 Å². The van der Waals surface area contributed by atoms with Crippen molar-refractivity contribution in [3.05, 3.63) is 29.8 Å². The normalized spacial score (nSPS) is 11.2. The molecule has 2 amide bonds. The minimum atomic E-state index is -0.949. The van der Waals surface area contributed by atoms with E-state index in [0.717, 1.165) is 0 Å². The lowest BCUT2D eigenvalue weighted by molar-refractivity contribution is -0.137. The molecule has 0 fully saturated rings. The van der Waals surface area contributed by atoms with Crippen LogP contribution in [0.25, 0.3) is 0 Å². The van der Waals surface area contributed by atoms with E-state index in [0.29, 0.717) is 17.8 Å². The number of hydrogen-bond acceptors (Lipinski definition) is 3. The van der Waals surface area contributed by atoms with Crippen LogP contribution >= 0.6 is 0 Å². The minimum Gasteiger partial charge on any atom is -0.481 e. The van der Waals surface area contributed by atoms with Crippen molar-refractivity contribution < 1.29 is 14.7 Å². The molecule has 0 heterocycles. The van der Waals surface area contributed by atoms with Crippen molar-refractivity contribution in [2.75, 3.05) is 11.9 Å². The van der Waals surface area contributed by atoms with Crippen molar-refractivity contribution >= 4 is 17.7 Å². The first-order valence-electron chi connectivity index (χ1n) is 6.27. The van der Waals surface area contributed by atoms with Crippen molar-refractivity contribution in [1.29, 1.82) is 5.26 Å². The van der Waals surface area contributed by atoms with Gasteiger partial charge in [0.05, 0.1) is 18.1 Å². The number of aliphatic carboxylic acids is 1. The van der Waals surface area contributed by atoms with Crippen LogP contribution in [0.4, 0.5) is 10.5 Å². The third-order valence-corrected chi connectivity index (χ3v) is 2.85. The molecule has 0 bridgehead atoms. The summed E-state index contributed by atoms with van der Waals surface area (Å²) in [5.41, 5.74) is 0.958. The van der Waals surface area contributed by atoms with Crippen LogP contribution in [0.3, 0.4) is 0 Å². The summed E-state index contributed by atoms with van der Waals surface area (Å²) >= 11 is 0. The second kappa shape index (κ2) is 7.14. The minimum absolute atomic E-state index is 0.112. The van der Waals surface area contributed by atoms with Gasteiger partial charge in [0.15, 0.2) is 0 Å². The molecule has 0 aliphatic heterocycles. The fourth-order valence-electron chi connectivity index (χ4n) is 1.88. The molecule has 0 saturated carbocycles. The van der Waals surface area contributed by atoms with E-state index in [1.807, 2.05) is 6.07 Å². The molecule has 6 nitrogen and oxygen atoms in total. The number of hydrogen-bond donors (Lipinski definition) is 2. The Balaban J connectivity index is 2.77. The van der Waals surface area contributed by atoms with Gasteiger partial charge in [-0.25, -0.2) is 4.79 Å². The monoisotopic (exact) mass is 275 g/mol. The molecule has 0 aliphatic carbocycles. The standard InChI is InChI=1S/C14H17N3O3/c1-3-17(10(2)7-13(18)19)14(20)16-12-6-4-5-11(8-12)9-15/h4-6,8,10H,3,7H2,1-2H3,(H,16,20)(H,18,19). The molecule has 0 aromatic heterocycles. The number of carbonyl (C=O) groups is 2. The molecule has 0 aliphatic rings. The fraction of sp³-hybridized carbons (Fsp3) is 0.357. The van der Waals surface area contributed by atoms with Crippen LogP contribution in [0.2, 0.25) is 0 Å². The molecule has 2 N–H and O–H groups in total. The highest BCUT2D eigenvalue weighted by Gasteiger charge is 2.20. The van der Waals surface area contributed by atoms with Crippen LogP contribution in [-0.4, -0.2) is 34.6 Å². The largest absolute Gasteiger partial charge is 0.481 e. The zero-order valence-electron chi connectivity index (χ0n) is 11.5. The highest BCUT2D eigenvalue weighted by Crippen LogP contribution is 2.12. The topological polar surface area (TPSA) is 93.4 Å². The van der Waals surface area contributed by atoms with Gasteiger partial charge in [0, 0.05) is 18.3 Å². The number of rotatable bonds is 5. The van der Waals surface area contributed by atoms with Crippen LogP contribution in [0.1, 0.15) is 25.8 Å². The number of urea groups is 1. The Bertz CT molecular complexity index is 537. The Hall–Kier alpha value is -2.55. The van der Waals surface area contributed by atoms with Crippen LogP contribution < -0.4 is 5.32 Å². The zero-order chi connectivity index (χ0) is 15.1. The van der Waals surface area contributed by atoms with E-state index in [4.69, 9.17) is 10.4 Å². The summed E-state index contributed by atoms with van der Waals surface area (Å²) in [6.07, 6.45) is -0.112. The third-order valence-electron chi connectivity index (χ3n) is 2.85. The summed E-state index contributed by atoms with van der Waals surface area (Å²) in [4.78, 5) is 24.2. The number of benzene rings is 1. The highest BCUT2D eigenvalue weighted by atomic mass is 16.4. The number of carbonyl (C=O) groups excluding carboxylic acids is 1.